The highest BCUT2D eigenvalue weighted by Crippen LogP contribution is 2.20. The average Bonchev–Trinajstić information content (AvgIpc) is 2.80. The Balaban J connectivity index is 1.46. The van der Waals surface area contributed by atoms with Crippen molar-refractivity contribution < 1.29 is 4.74 Å². The molecule has 0 amide bonds. The highest BCUT2D eigenvalue weighted by Gasteiger charge is 2.11. The van der Waals surface area contributed by atoms with Crippen molar-refractivity contribution >= 4 is 11.6 Å². The van der Waals surface area contributed by atoms with E-state index in [0.717, 1.165) is 62.2 Å². The van der Waals surface area contributed by atoms with Crippen LogP contribution < -0.4 is 10.6 Å². The maximum Gasteiger partial charge on any atom is 0.163 e. The Hall–Kier alpha value is -3.03. The molecule has 1 aliphatic rings. The van der Waals surface area contributed by atoms with E-state index in [2.05, 4.69) is 20.5 Å². The topological polar surface area (TPSA) is 75.2 Å². The maximum atomic E-state index is 5.41. The average molecular weight is 390 g/mol. The van der Waals surface area contributed by atoms with E-state index in [9.17, 15) is 0 Å². The Bertz CT molecular complexity index is 884. The maximum absolute atomic E-state index is 5.41. The zero-order chi connectivity index (χ0) is 19.7. The number of ether oxygens (including phenoxy) is 1. The van der Waals surface area contributed by atoms with Crippen LogP contribution in [-0.4, -0.2) is 59.2 Å². The second kappa shape index (κ2) is 9.95. The van der Waals surface area contributed by atoms with Crippen molar-refractivity contribution in [2.75, 3.05) is 50.0 Å². The fourth-order valence-corrected chi connectivity index (χ4v) is 3.21. The first-order valence-electron chi connectivity index (χ1n) is 9.98. The molecule has 150 valence electrons. The molecule has 0 saturated carbocycles. The Morgan fingerprint density at radius 1 is 0.931 bits per heavy atom. The summed E-state index contributed by atoms with van der Waals surface area (Å²) in [7, 11) is 0. The third-order valence-corrected chi connectivity index (χ3v) is 4.79. The van der Waals surface area contributed by atoms with E-state index in [1.165, 1.54) is 0 Å². The Morgan fingerprint density at radius 3 is 2.48 bits per heavy atom. The zero-order valence-electron chi connectivity index (χ0n) is 16.4. The largest absolute Gasteiger partial charge is 0.379 e. The third kappa shape index (κ3) is 5.73. The molecule has 0 aliphatic carbocycles. The minimum Gasteiger partial charge on any atom is -0.379 e. The Morgan fingerprint density at radius 2 is 1.72 bits per heavy atom. The van der Waals surface area contributed by atoms with Crippen LogP contribution in [0.5, 0.6) is 0 Å². The van der Waals surface area contributed by atoms with Gasteiger partial charge in [-0.05, 0) is 11.6 Å². The van der Waals surface area contributed by atoms with Crippen LogP contribution in [0.2, 0.25) is 0 Å². The van der Waals surface area contributed by atoms with E-state index >= 15 is 0 Å². The predicted molar refractivity (Wildman–Crippen MR) is 115 cm³/mol. The number of morpholine rings is 1. The minimum atomic E-state index is 0.659. The van der Waals surface area contributed by atoms with Gasteiger partial charge in [-0.3, -0.25) is 9.88 Å². The molecule has 3 heterocycles. The molecule has 1 aromatic carbocycles. The number of pyridine rings is 1. The summed E-state index contributed by atoms with van der Waals surface area (Å²) in [4.78, 5) is 16.0. The van der Waals surface area contributed by atoms with Gasteiger partial charge in [-0.25, -0.2) is 9.97 Å². The van der Waals surface area contributed by atoms with Crippen LogP contribution in [0.25, 0.3) is 11.4 Å². The number of aromatic nitrogens is 3. The van der Waals surface area contributed by atoms with Gasteiger partial charge in [-0.2, -0.15) is 0 Å². The van der Waals surface area contributed by atoms with Gasteiger partial charge in [0.05, 0.1) is 13.2 Å². The monoisotopic (exact) mass is 390 g/mol. The van der Waals surface area contributed by atoms with E-state index in [0.29, 0.717) is 12.4 Å². The van der Waals surface area contributed by atoms with Crippen LogP contribution in [0, 0.1) is 0 Å². The molecule has 1 fully saturated rings. The molecule has 0 atom stereocenters. The number of nitrogens with zero attached hydrogens (tertiary/aromatic N) is 4. The molecule has 3 aromatic rings. The predicted octanol–water partition coefficient (Wildman–Crippen LogP) is 2.89. The van der Waals surface area contributed by atoms with E-state index in [4.69, 9.17) is 14.7 Å². The molecule has 0 radical (unpaired) electrons. The summed E-state index contributed by atoms with van der Waals surface area (Å²) in [6.45, 7) is 6.05. The van der Waals surface area contributed by atoms with Crippen molar-refractivity contribution in [3.63, 3.8) is 0 Å². The van der Waals surface area contributed by atoms with E-state index < -0.39 is 0 Å². The first-order valence-corrected chi connectivity index (χ1v) is 9.98. The van der Waals surface area contributed by atoms with Crippen LogP contribution in [0.3, 0.4) is 0 Å². The number of nitrogens with one attached hydrogen (secondary N) is 2. The van der Waals surface area contributed by atoms with Gasteiger partial charge in [-0.15, -0.1) is 0 Å². The quantitative estimate of drug-likeness (QED) is 0.612. The van der Waals surface area contributed by atoms with Crippen molar-refractivity contribution in [3.05, 3.63) is 66.5 Å². The summed E-state index contributed by atoms with van der Waals surface area (Å²) < 4.78 is 5.41. The first-order chi connectivity index (χ1) is 14.4. The number of rotatable bonds is 8. The smallest absolute Gasteiger partial charge is 0.163 e. The lowest BCUT2D eigenvalue weighted by Gasteiger charge is -2.26. The van der Waals surface area contributed by atoms with Crippen molar-refractivity contribution in [3.8, 4) is 11.4 Å². The molecule has 7 heteroatoms. The fraction of sp³-hybridized carbons (Fsp3) is 0.318. The van der Waals surface area contributed by atoms with Crippen molar-refractivity contribution in [2.24, 2.45) is 0 Å². The van der Waals surface area contributed by atoms with E-state index in [1.807, 2.05) is 54.7 Å². The number of hydrogen-bond acceptors (Lipinski definition) is 7. The second-order valence-corrected chi connectivity index (χ2v) is 6.92. The van der Waals surface area contributed by atoms with Crippen molar-refractivity contribution in [1.29, 1.82) is 0 Å². The summed E-state index contributed by atoms with van der Waals surface area (Å²) in [6, 6.07) is 16.0. The molecular formula is C22H26N6O. The van der Waals surface area contributed by atoms with Gasteiger partial charge in [-0.1, -0.05) is 36.4 Å². The Kier molecular flexibility index (Phi) is 6.62. The molecule has 7 nitrogen and oxygen atoms in total. The van der Waals surface area contributed by atoms with Gasteiger partial charge < -0.3 is 15.4 Å². The molecule has 2 aromatic heterocycles. The number of anilines is 2. The third-order valence-electron chi connectivity index (χ3n) is 4.79. The lowest BCUT2D eigenvalue weighted by atomic mass is 10.2. The molecule has 1 saturated heterocycles. The SMILES string of the molecule is c1ccc(-c2nc(NCCN3CCOCC3)cc(NCc3cccnc3)n2)cc1. The van der Waals surface area contributed by atoms with Gasteiger partial charge in [0.25, 0.3) is 0 Å². The summed E-state index contributed by atoms with van der Waals surface area (Å²) in [6.07, 6.45) is 3.63. The minimum absolute atomic E-state index is 0.659. The summed E-state index contributed by atoms with van der Waals surface area (Å²) in [5.41, 5.74) is 2.10. The van der Waals surface area contributed by atoms with Gasteiger partial charge >= 0.3 is 0 Å². The van der Waals surface area contributed by atoms with Gasteiger partial charge in [0.1, 0.15) is 11.6 Å². The molecule has 29 heavy (non-hydrogen) atoms. The highest BCUT2D eigenvalue weighted by atomic mass is 16.5. The standard InChI is InChI=1S/C22H26N6O/c1-2-6-19(7-3-1)22-26-20(24-9-10-28-11-13-29-14-12-28)15-21(27-22)25-17-18-5-4-8-23-16-18/h1-8,15-16H,9-14,17H2,(H2,24,25,26,27). The summed E-state index contributed by atoms with van der Waals surface area (Å²) >= 11 is 0. The lowest BCUT2D eigenvalue weighted by Crippen LogP contribution is -2.39. The molecule has 0 bridgehead atoms. The normalized spacial score (nSPS) is 14.5. The number of benzene rings is 1. The van der Waals surface area contributed by atoms with Crippen LogP contribution in [0.4, 0.5) is 11.6 Å². The van der Waals surface area contributed by atoms with Crippen molar-refractivity contribution in [2.45, 2.75) is 6.54 Å². The second-order valence-electron chi connectivity index (χ2n) is 6.92. The zero-order valence-corrected chi connectivity index (χ0v) is 16.4. The first kappa shape index (κ1) is 19.3. The van der Waals surface area contributed by atoms with Gasteiger partial charge in [0, 0.05) is 56.7 Å². The van der Waals surface area contributed by atoms with Gasteiger partial charge in [0.15, 0.2) is 5.82 Å². The molecular weight excluding hydrogens is 364 g/mol. The highest BCUT2D eigenvalue weighted by molar-refractivity contribution is 5.61. The van der Waals surface area contributed by atoms with Crippen LogP contribution in [0.15, 0.2) is 60.9 Å². The van der Waals surface area contributed by atoms with Gasteiger partial charge in [0.2, 0.25) is 0 Å². The summed E-state index contributed by atoms with van der Waals surface area (Å²) in [5, 5.41) is 6.85. The van der Waals surface area contributed by atoms with Crippen LogP contribution in [-0.2, 0) is 11.3 Å². The number of hydrogen-bond donors (Lipinski definition) is 2. The Labute approximate surface area is 171 Å². The summed E-state index contributed by atoms with van der Waals surface area (Å²) in [5.74, 6) is 2.31. The van der Waals surface area contributed by atoms with E-state index in [-0.39, 0.29) is 0 Å². The molecule has 2 N–H and O–H groups in total. The molecule has 4 rings (SSSR count). The van der Waals surface area contributed by atoms with Crippen LogP contribution >= 0.6 is 0 Å². The molecule has 1 aliphatic heterocycles. The van der Waals surface area contributed by atoms with E-state index in [1.54, 1.807) is 6.20 Å². The fourth-order valence-electron chi connectivity index (χ4n) is 3.21. The molecule has 0 spiro atoms. The van der Waals surface area contributed by atoms with Crippen LogP contribution in [0.1, 0.15) is 5.56 Å². The molecule has 0 unspecified atom stereocenters. The lowest BCUT2D eigenvalue weighted by molar-refractivity contribution is 0.0398. The van der Waals surface area contributed by atoms with Crippen molar-refractivity contribution in [1.82, 2.24) is 19.9 Å².